The molecule has 1 fully saturated rings. The maximum Gasteiger partial charge on any atom is 0.326 e. The van der Waals surface area contributed by atoms with Crippen molar-refractivity contribution in [1.82, 2.24) is 0 Å². The Kier molecular flexibility index (Phi) is 6.43. The molecule has 0 amide bonds. The molecule has 1 rings (SSSR count). The number of carbonyl (C=O) groups excluding carboxylic acids is 1. The third-order valence-corrected chi connectivity index (χ3v) is 3.82. The van der Waals surface area contributed by atoms with Crippen molar-refractivity contribution in [2.75, 3.05) is 0 Å². The van der Waals surface area contributed by atoms with Crippen molar-refractivity contribution in [3.63, 3.8) is 0 Å². The Hall–Kier alpha value is -0.650. The molecule has 3 unspecified atom stereocenters. The number of ether oxygens (including phenoxy) is 1. The molecule has 5 N–H and O–H groups in total. The number of nitrogens with two attached hydrogens (primary N) is 2. The molecule has 0 aromatic carbocycles. The number of aliphatic hydroxyl groups excluding tert-OH is 1. The summed E-state index contributed by atoms with van der Waals surface area (Å²) in [6.07, 6.45) is 5.72. The zero-order chi connectivity index (χ0) is 15.3. The largest absolute Gasteiger partial charge is 0.459 e. The van der Waals surface area contributed by atoms with Gasteiger partial charge in [-0.2, -0.15) is 0 Å². The molecule has 0 radical (unpaired) electrons. The van der Waals surface area contributed by atoms with Gasteiger partial charge in [0.2, 0.25) is 0 Å². The third kappa shape index (κ3) is 5.77. The van der Waals surface area contributed by atoms with Crippen molar-refractivity contribution >= 4 is 5.97 Å². The van der Waals surface area contributed by atoms with Crippen molar-refractivity contribution < 1.29 is 14.6 Å². The number of rotatable bonds is 5. The molecule has 0 heterocycles. The lowest BCUT2D eigenvalue weighted by Crippen LogP contribution is -2.53. The fraction of sp³-hybridized carbons (Fsp3) is 0.933. The van der Waals surface area contributed by atoms with E-state index in [1.165, 1.54) is 19.3 Å². The molecule has 1 aliphatic carbocycles. The summed E-state index contributed by atoms with van der Waals surface area (Å²) < 4.78 is 5.18. The zero-order valence-electron chi connectivity index (χ0n) is 13.0. The van der Waals surface area contributed by atoms with Gasteiger partial charge in [-0.25, -0.2) is 0 Å². The smallest absolute Gasteiger partial charge is 0.326 e. The summed E-state index contributed by atoms with van der Waals surface area (Å²) in [5.41, 5.74) is 11.2. The topological polar surface area (TPSA) is 98.6 Å². The van der Waals surface area contributed by atoms with Gasteiger partial charge in [-0.3, -0.25) is 4.79 Å². The molecule has 1 aliphatic rings. The fourth-order valence-corrected chi connectivity index (χ4v) is 2.72. The lowest BCUT2D eigenvalue weighted by molar-refractivity contribution is -0.159. The SMILES string of the molecule is CC(C)(C)OC(=O)C(N)C(O)C(N)CC1CCCCC1. The summed E-state index contributed by atoms with van der Waals surface area (Å²) in [5, 5.41) is 10.1. The first-order valence-electron chi connectivity index (χ1n) is 7.63. The van der Waals surface area contributed by atoms with Crippen LogP contribution in [0.5, 0.6) is 0 Å². The molecular formula is C15H30N2O3. The van der Waals surface area contributed by atoms with E-state index in [9.17, 15) is 9.90 Å². The molecule has 0 aliphatic heterocycles. The van der Waals surface area contributed by atoms with Crippen LogP contribution in [0.4, 0.5) is 0 Å². The maximum atomic E-state index is 11.8. The van der Waals surface area contributed by atoms with E-state index in [4.69, 9.17) is 16.2 Å². The highest BCUT2D eigenvalue weighted by atomic mass is 16.6. The van der Waals surface area contributed by atoms with Crippen molar-refractivity contribution in [2.45, 2.75) is 83.1 Å². The molecule has 5 heteroatoms. The minimum Gasteiger partial charge on any atom is -0.459 e. The summed E-state index contributed by atoms with van der Waals surface area (Å²) >= 11 is 0. The van der Waals surface area contributed by atoms with Crippen LogP contribution in [-0.2, 0) is 9.53 Å². The van der Waals surface area contributed by atoms with Crippen LogP contribution in [0.15, 0.2) is 0 Å². The van der Waals surface area contributed by atoms with E-state index < -0.39 is 29.8 Å². The van der Waals surface area contributed by atoms with E-state index in [1.807, 2.05) is 0 Å². The zero-order valence-corrected chi connectivity index (χ0v) is 13.0. The first kappa shape index (κ1) is 17.4. The lowest BCUT2D eigenvalue weighted by atomic mass is 9.83. The fourth-order valence-electron chi connectivity index (χ4n) is 2.72. The van der Waals surface area contributed by atoms with Crippen LogP contribution in [0, 0.1) is 5.92 Å². The molecule has 0 aromatic heterocycles. The highest BCUT2D eigenvalue weighted by Gasteiger charge is 2.32. The molecule has 0 aromatic rings. The standard InChI is InChI=1S/C15H30N2O3/c1-15(2,3)20-14(19)12(17)13(18)11(16)9-10-7-5-4-6-8-10/h10-13,18H,4-9,16-17H2,1-3H3. The van der Waals surface area contributed by atoms with Crippen LogP contribution in [0.3, 0.4) is 0 Å². The Morgan fingerprint density at radius 2 is 1.80 bits per heavy atom. The molecular weight excluding hydrogens is 256 g/mol. The van der Waals surface area contributed by atoms with E-state index >= 15 is 0 Å². The van der Waals surface area contributed by atoms with Gasteiger partial charge in [0.05, 0.1) is 6.10 Å². The van der Waals surface area contributed by atoms with Gasteiger partial charge in [0, 0.05) is 6.04 Å². The van der Waals surface area contributed by atoms with Crippen molar-refractivity contribution in [3.8, 4) is 0 Å². The van der Waals surface area contributed by atoms with Crippen LogP contribution in [0.2, 0.25) is 0 Å². The second-order valence-electron chi connectivity index (χ2n) is 6.95. The number of aliphatic hydroxyl groups is 1. The van der Waals surface area contributed by atoms with Gasteiger partial charge in [0.1, 0.15) is 11.6 Å². The second kappa shape index (κ2) is 7.38. The average molecular weight is 286 g/mol. The van der Waals surface area contributed by atoms with Crippen LogP contribution in [0.25, 0.3) is 0 Å². The lowest BCUT2D eigenvalue weighted by Gasteiger charge is -2.30. The van der Waals surface area contributed by atoms with E-state index in [1.54, 1.807) is 20.8 Å². The second-order valence-corrected chi connectivity index (χ2v) is 6.95. The van der Waals surface area contributed by atoms with Gasteiger partial charge in [-0.15, -0.1) is 0 Å². The van der Waals surface area contributed by atoms with Crippen LogP contribution < -0.4 is 11.5 Å². The summed E-state index contributed by atoms with van der Waals surface area (Å²) in [4.78, 5) is 11.8. The summed E-state index contributed by atoms with van der Waals surface area (Å²) in [7, 11) is 0. The van der Waals surface area contributed by atoms with Gasteiger partial charge in [-0.05, 0) is 33.1 Å². The number of carbonyl (C=O) groups is 1. The predicted molar refractivity (Wildman–Crippen MR) is 79.0 cm³/mol. The summed E-state index contributed by atoms with van der Waals surface area (Å²) in [5.74, 6) is -0.0525. The Morgan fingerprint density at radius 3 is 2.30 bits per heavy atom. The maximum absolute atomic E-state index is 11.8. The van der Waals surface area contributed by atoms with Gasteiger partial charge in [-0.1, -0.05) is 32.1 Å². The van der Waals surface area contributed by atoms with Crippen molar-refractivity contribution in [3.05, 3.63) is 0 Å². The highest BCUT2D eigenvalue weighted by Crippen LogP contribution is 2.27. The van der Waals surface area contributed by atoms with E-state index in [2.05, 4.69) is 0 Å². The molecule has 3 atom stereocenters. The minimum absolute atomic E-state index is 0.472. The molecule has 0 saturated heterocycles. The van der Waals surface area contributed by atoms with E-state index in [0.717, 1.165) is 19.3 Å². The molecule has 1 saturated carbocycles. The van der Waals surface area contributed by atoms with Gasteiger partial charge in [0.25, 0.3) is 0 Å². The van der Waals surface area contributed by atoms with Gasteiger partial charge >= 0.3 is 5.97 Å². The normalized spacial score (nSPS) is 22.1. The van der Waals surface area contributed by atoms with Gasteiger partial charge in [0.15, 0.2) is 0 Å². The average Bonchev–Trinajstić information content (AvgIpc) is 2.36. The number of hydrogen-bond acceptors (Lipinski definition) is 5. The quantitative estimate of drug-likeness (QED) is 0.662. The summed E-state index contributed by atoms with van der Waals surface area (Å²) in [6, 6.07) is -1.55. The minimum atomic E-state index is -1.08. The first-order valence-corrected chi connectivity index (χ1v) is 7.63. The Labute approximate surface area is 122 Å². The molecule has 20 heavy (non-hydrogen) atoms. The van der Waals surface area contributed by atoms with E-state index in [0.29, 0.717) is 5.92 Å². The monoisotopic (exact) mass is 286 g/mol. The number of esters is 1. The van der Waals surface area contributed by atoms with E-state index in [-0.39, 0.29) is 0 Å². The van der Waals surface area contributed by atoms with Gasteiger partial charge < -0.3 is 21.3 Å². The Morgan fingerprint density at radius 1 is 1.25 bits per heavy atom. The van der Waals surface area contributed by atoms with Crippen LogP contribution in [-0.4, -0.2) is 34.9 Å². The molecule has 5 nitrogen and oxygen atoms in total. The third-order valence-electron chi connectivity index (χ3n) is 3.82. The number of hydrogen-bond donors (Lipinski definition) is 3. The Bertz CT molecular complexity index is 309. The molecule has 0 spiro atoms. The summed E-state index contributed by atoms with van der Waals surface area (Å²) in [6.45, 7) is 5.31. The van der Waals surface area contributed by atoms with Crippen LogP contribution >= 0.6 is 0 Å². The van der Waals surface area contributed by atoms with Crippen molar-refractivity contribution in [2.24, 2.45) is 17.4 Å². The predicted octanol–water partition coefficient (Wildman–Crippen LogP) is 1.31. The van der Waals surface area contributed by atoms with Crippen LogP contribution in [0.1, 0.15) is 59.3 Å². The first-order chi connectivity index (χ1) is 9.20. The molecule has 0 bridgehead atoms. The van der Waals surface area contributed by atoms with Crippen molar-refractivity contribution in [1.29, 1.82) is 0 Å². The highest BCUT2D eigenvalue weighted by molar-refractivity contribution is 5.76. The Balaban J connectivity index is 2.45. The molecule has 118 valence electrons.